The molecule has 0 aliphatic carbocycles. The minimum Gasteiger partial charge on any atom is -0.461 e. The van der Waals surface area contributed by atoms with Gasteiger partial charge in [0.05, 0.1) is 5.92 Å². The molecular weight excluding hydrogens is 303 g/mol. The fraction of sp³-hybridized carbons (Fsp3) is 0.750. The average Bonchev–Trinajstić information content (AvgIpc) is 2.42. The van der Waals surface area contributed by atoms with Gasteiger partial charge in [0.15, 0.2) is 0 Å². The second-order valence-electron chi connectivity index (χ2n) is 4.35. The molecule has 1 heterocycles. The fourth-order valence-electron chi connectivity index (χ4n) is 2.37. The molecule has 1 aliphatic heterocycles. The highest BCUT2D eigenvalue weighted by molar-refractivity contribution is 14.1. The van der Waals surface area contributed by atoms with Crippen molar-refractivity contribution >= 4 is 28.6 Å². The van der Waals surface area contributed by atoms with E-state index in [4.69, 9.17) is 4.74 Å². The lowest BCUT2D eigenvalue weighted by atomic mass is 9.82. The first-order chi connectivity index (χ1) is 6.99. The van der Waals surface area contributed by atoms with Gasteiger partial charge in [0.2, 0.25) is 0 Å². The molecule has 0 unspecified atom stereocenters. The van der Waals surface area contributed by atoms with Gasteiger partial charge in [-0.15, -0.1) is 0 Å². The predicted molar refractivity (Wildman–Crippen MR) is 70.0 cm³/mol. The van der Waals surface area contributed by atoms with E-state index in [1.54, 1.807) is 0 Å². The molecule has 3 heteroatoms. The van der Waals surface area contributed by atoms with Gasteiger partial charge in [-0.05, 0) is 19.8 Å². The summed E-state index contributed by atoms with van der Waals surface area (Å²) in [7, 11) is 0. The Bertz CT molecular complexity index is 260. The van der Waals surface area contributed by atoms with Gasteiger partial charge in [-0.3, -0.25) is 4.79 Å². The zero-order chi connectivity index (χ0) is 11.6. The smallest absolute Gasteiger partial charge is 0.310 e. The zero-order valence-electron chi connectivity index (χ0n) is 9.74. The topological polar surface area (TPSA) is 26.3 Å². The number of halogens is 1. The molecule has 2 nitrogen and oxygen atoms in total. The number of hydrogen-bond acceptors (Lipinski definition) is 2. The van der Waals surface area contributed by atoms with Crippen LogP contribution in [-0.2, 0) is 9.53 Å². The minimum atomic E-state index is -0.0263. The summed E-state index contributed by atoms with van der Waals surface area (Å²) in [6, 6.07) is 0. The molecule has 0 amide bonds. The number of allylic oxidation sites excluding steroid dienone is 2. The van der Waals surface area contributed by atoms with Crippen LogP contribution >= 0.6 is 22.6 Å². The number of cyclic esters (lactones) is 1. The van der Waals surface area contributed by atoms with Gasteiger partial charge >= 0.3 is 5.97 Å². The molecule has 1 saturated heterocycles. The molecule has 1 rings (SSSR count). The first-order valence-electron chi connectivity index (χ1n) is 5.46. The Morgan fingerprint density at radius 3 is 2.47 bits per heavy atom. The maximum absolute atomic E-state index is 11.8. The van der Waals surface area contributed by atoms with Crippen molar-refractivity contribution in [2.75, 3.05) is 0 Å². The molecule has 0 N–H and O–H groups in total. The largest absolute Gasteiger partial charge is 0.461 e. The number of alkyl halides is 1. The fourth-order valence-corrected chi connectivity index (χ4v) is 3.17. The third-order valence-electron chi connectivity index (χ3n) is 3.12. The van der Waals surface area contributed by atoms with Gasteiger partial charge in [0, 0.05) is 9.84 Å². The molecule has 0 radical (unpaired) electrons. The lowest BCUT2D eigenvalue weighted by Gasteiger charge is -2.20. The molecule has 86 valence electrons. The summed E-state index contributed by atoms with van der Waals surface area (Å²) in [5, 5.41) is 0. The monoisotopic (exact) mass is 322 g/mol. The van der Waals surface area contributed by atoms with Crippen LogP contribution in [0.2, 0.25) is 0 Å². The Labute approximate surface area is 106 Å². The van der Waals surface area contributed by atoms with Gasteiger partial charge in [0.25, 0.3) is 0 Å². The third kappa shape index (κ3) is 2.74. The number of rotatable bonds is 3. The van der Waals surface area contributed by atoms with E-state index in [0.717, 1.165) is 0 Å². The molecule has 0 bridgehead atoms. The maximum Gasteiger partial charge on any atom is 0.310 e. The second-order valence-corrected chi connectivity index (χ2v) is 6.31. The van der Waals surface area contributed by atoms with E-state index in [-0.39, 0.29) is 23.9 Å². The highest BCUT2D eigenvalue weighted by Crippen LogP contribution is 2.37. The van der Waals surface area contributed by atoms with Crippen LogP contribution in [0.15, 0.2) is 12.2 Å². The summed E-state index contributed by atoms with van der Waals surface area (Å²) < 4.78 is 5.81. The van der Waals surface area contributed by atoms with E-state index in [1.165, 1.54) is 0 Å². The van der Waals surface area contributed by atoms with Crippen LogP contribution in [0.25, 0.3) is 0 Å². The van der Waals surface area contributed by atoms with E-state index in [9.17, 15) is 4.79 Å². The molecule has 0 aromatic heterocycles. The quantitative estimate of drug-likeness (QED) is 0.345. The third-order valence-corrected chi connectivity index (χ3v) is 3.83. The average molecular weight is 322 g/mol. The molecule has 1 aliphatic rings. The molecule has 1 fully saturated rings. The van der Waals surface area contributed by atoms with E-state index in [0.29, 0.717) is 9.84 Å². The predicted octanol–water partition coefficient (Wildman–Crippen LogP) is 3.20. The number of carbonyl (C=O) groups excluding carboxylic acids is 1. The van der Waals surface area contributed by atoms with Crippen molar-refractivity contribution in [3.05, 3.63) is 12.2 Å². The lowest BCUT2D eigenvalue weighted by molar-refractivity contribution is -0.144. The van der Waals surface area contributed by atoms with Crippen molar-refractivity contribution in [2.45, 2.75) is 37.7 Å². The molecule has 0 aromatic rings. The highest BCUT2D eigenvalue weighted by Gasteiger charge is 2.45. The molecule has 0 spiro atoms. The lowest BCUT2D eigenvalue weighted by Crippen LogP contribution is -2.26. The zero-order valence-corrected chi connectivity index (χ0v) is 11.9. The van der Waals surface area contributed by atoms with Gasteiger partial charge in [-0.2, -0.15) is 0 Å². The minimum absolute atomic E-state index is 0.0263. The summed E-state index contributed by atoms with van der Waals surface area (Å²) in [5.41, 5.74) is 0. The van der Waals surface area contributed by atoms with E-state index >= 15 is 0 Å². The first-order valence-corrected chi connectivity index (χ1v) is 6.71. The van der Waals surface area contributed by atoms with Gasteiger partial charge in [-0.1, -0.05) is 48.6 Å². The normalized spacial score (nSPS) is 35.5. The maximum atomic E-state index is 11.8. The van der Waals surface area contributed by atoms with E-state index in [2.05, 4.69) is 49.4 Å². The summed E-state index contributed by atoms with van der Waals surface area (Å²) >= 11 is 2.33. The van der Waals surface area contributed by atoms with E-state index in [1.807, 2.05) is 13.0 Å². The molecule has 15 heavy (non-hydrogen) atoms. The van der Waals surface area contributed by atoms with Crippen LogP contribution in [-0.4, -0.2) is 16.0 Å². The Hall–Kier alpha value is -0.0600. The summed E-state index contributed by atoms with van der Waals surface area (Å²) in [6.45, 7) is 8.29. The van der Waals surface area contributed by atoms with Crippen molar-refractivity contribution in [1.82, 2.24) is 0 Å². The molecule has 0 saturated carbocycles. The van der Waals surface area contributed by atoms with Crippen LogP contribution in [0.4, 0.5) is 0 Å². The van der Waals surface area contributed by atoms with Crippen LogP contribution in [0, 0.1) is 17.8 Å². The van der Waals surface area contributed by atoms with Crippen LogP contribution < -0.4 is 0 Å². The number of ether oxygens (including phenoxy) is 1. The SMILES string of the molecule is C/C=C/[C@@H](C)[C@@H]1C(=O)O[C@H]([C@@H](C)I)[C@H]1C. The first kappa shape index (κ1) is 13.0. The molecule has 0 aromatic carbocycles. The summed E-state index contributed by atoms with van der Waals surface area (Å²) in [6.07, 6.45) is 4.17. The van der Waals surface area contributed by atoms with Crippen LogP contribution in [0.1, 0.15) is 27.7 Å². The Morgan fingerprint density at radius 2 is 2.07 bits per heavy atom. The van der Waals surface area contributed by atoms with Crippen LogP contribution in [0.5, 0.6) is 0 Å². The standard InChI is InChI=1S/C12H19IO2/c1-5-6-7(2)10-8(3)11(9(4)13)15-12(10)14/h5-11H,1-4H3/b6-5+/t7-,8+,9-,10+,11+/m1/s1. The van der Waals surface area contributed by atoms with Crippen molar-refractivity contribution in [3.8, 4) is 0 Å². The highest BCUT2D eigenvalue weighted by atomic mass is 127. The number of hydrogen-bond donors (Lipinski definition) is 0. The Morgan fingerprint density at radius 1 is 1.47 bits per heavy atom. The Balaban J connectivity index is 2.78. The van der Waals surface area contributed by atoms with Crippen molar-refractivity contribution in [2.24, 2.45) is 17.8 Å². The number of esters is 1. The van der Waals surface area contributed by atoms with Gasteiger partial charge < -0.3 is 4.74 Å². The van der Waals surface area contributed by atoms with E-state index < -0.39 is 0 Å². The summed E-state index contributed by atoms with van der Waals surface area (Å²) in [4.78, 5) is 11.8. The molecule has 5 atom stereocenters. The second kappa shape index (κ2) is 5.32. The van der Waals surface area contributed by atoms with Crippen molar-refractivity contribution in [1.29, 1.82) is 0 Å². The van der Waals surface area contributed by atoms with Crippen LogP contribution in [0.3, 0.4) is 0 Å². The Kier molecular flexibility index (Phi) is 4.62. The number of carbonyl (C=O) groups is 1. The van der Waals surface area contributed by atoms with Crippen molar-refractivity contribution in [3.63, 3.8) is 0 Å². The molecular formula is C12H19IO2. The van der Waals surface area contributed by atoms with Gasteiger partial charge in [0.1, 0.15) is 6.10 Å². The van der Waals surface area contributed by atoms with Crippen molar-refractivity contribution < 1.29 is 9.53 Å². The summed E-state index contributed by atoms with van der Waals surface area (Å²) in [5.74, 6) is 0.596. The van der Waals surface area contributed by atoms with Gasteiger partial charge in [-0.25, -0.2) is 0 Å².